The van der Waals surface area contributed by atoms with Gasteiger partial charge in [-0.25, -0.2) is 8.78 Å². The molecule has 2 atom stereocenters. The smallest absolute Gasteiger partial charge is 0.269 e. The van der Waals surface area contributed by atoms with E-state index in [0.717, 1.165) is 47.6 Å². The van der Waals surface area contributed by atoms with E-state index in [2.05, 4.69) is 34.7 Å². The second kappa shape index (κ2) is 17.4. The standard InChI is InChI=1S/C27H34F2IN3O3.CH4.FH/c28-21-12-20(13-22(29)16-21)15-24(25(34)18-31-17-19-6-4-7-23(30)14-19)32-26(35)8-5-9-27(36)33-10-2-1-3-11-33;;/h4,6-7,12-14,16,24-25,31,34H,1-3,5,8-11,15,17-18H2,(H,32,35);1H4;1H/t24-,25+;;/m0../s1/i/hT. The first-order valence-corrected chi connectivity index (χ1v) is 13.5. The van der Waals surface area contributed by atoms with Crippen molar-refractivity contribution in [2.75, 3.05) is 19.6 Å². The zero-order chi connectivity index (χ0) is 27.9. The second-order valence-corrected chi connectivity index (χ2v) is 10.5. The number of aliphatic hydroxyl groups is 1. The van der Waals surface area contributed by atoms with Crippen LogP contribution in [0.25, 0.3) is 0 Å². The Labute approximate surface area is 238 Å². The molecule has 1 fully saturated rings. The van der Waals surface area contributed by atoms with Gasteiger partial charge in [0, 0.05) is 48.7 Å². The van der Waals surface area contributed by atoms with Crippen molar-refractivity contribution in [3.05, 3.63) is 68.8 Å². The number of nitrogens with zero attached hydrogens (tertiary/aromatic N) is 1. The van der Waals surface area contributed by atoms with Crippen LogP contribution in [0.4, 0.5) is 13.5 Å². The zero-order valence-corrected chi connectivity index (χ0v) is 22.9. The van der Waals surface area contributed by atoms with E-state index in [9.17, 15) is 23.5 Å². The molecule has 38 heavy (non-hydrogen) atoms. The number of aliphatic hydroxyl groups excluding tert-OH is 1. The SMILES string of the molecule is C.O=C(CCCC(=O)N1CCCCC1)N[C@@H](Cc1cc(F)cc(F)c1)[C@H](O)CNCc1cccc(I)c1.[3H]F. The molecule has 1 aliphatic heterocycles. The molecule has 1 heterocycles. The third-order valence-electron chi connectivity index (χ3n) is 6.26. The Hall–Kier alpha value is -2.18. The molecule has 6 nitrogen and oxygen atoms in total. The number of nitrogens with one attached hydrogen (secondary N) is 2. The van der Waals surface area contributed by atoms with Crippen LogP contribution in [0.5, 0.6) is 0 Å². The second-order valence-electron chi connectivity index (χ2n) is 9.28. The molecule has 0 radical (unpaired) electrons. The van der Waals surface area contributed by atoms with E-state index in [4.69, 9.17) is 4.72 Å². The molecule has 212 valence electrons. The Kier molecular flexibility index (Phi) is 14.7. The fraction of sp³-hybridized carbons (Fsp3) is 0.500. The highest BCUT2D eigenvalue weighted by atomic mass is 127. The van der Waals surface area contributed by atoms with Crippen LogP contribution < -0.4 is 10.6 Å². The number of hydrogen-bond donors (Lipinski definition) is 3. The molecule has 0 spiro atoms. The highest BCUT2D eigenvalue weighted by Gasteiger charge is 2.23. The Balaban J connectivity index is 0.00000248. The van der Waals surface area contributed by atoms with Crippen LogP contribution >= 0.6 is 22.6 Å². The number of rotatable bonds is 12. The van der Waals surface area contributed by atoms with Gasteiger partial charge in [-0.15, -0.1) is 0 Å². The topological polar surface area (TPSA) is 81.7 Å². The largest absolute Gasteiger partial charge is 0.390 e. The molecule has 0 saturated carbocycles. The summed E-state index contributed by atoms with van der Waals surface area (Å²) in [6, 6.07) is 10.4. The third-order valence-corrected chi connectivity index (χ3v) is 6.93. The van der Waals surface area contributed by atoms with E-state index in [1.54, 1.807) is 0 Å². The quantitative estimate of drug-likeness (QED) is 0.291. The van der Waals surface area contributed by atoms with Crippen LogP contribution in [-0.4, -0.2) is 55.1 Å². The maximum absolute atomic E-state index is 13.7. The van der Waals surface area contributed by atoms with Crippen LogP contribution in [0.1, 0.15) is 57.1 Å². The minimum atomic E-state index is -0.988. The average molecular weight is 652 g/mol. The van der Waals surface area contributed by atoms with Crippen molar-refractivity contribution in [1.82, 2.24) is 15.5 Å². The molecule has 3 rings (SSSR count). The highest BCUT2D eigenvalue weighted by Crippen LogP contribution is 2.14. The van der Waals surface area contributed by atoms with Crippen LogP contribution in [0.3, 0.4) is 0 Å². The molecule has 3 N–H and O–H groups in total. The zero-order valence-electron chi connectivity index (χ0n) is 21.7. The lowest BCUT2D eigenvalue weighted by Crippen LogP contribution is -2.48. The molecule has 10 heteroatoms. The first-order chi connectivity index (χ1) is 18.3. The minimum Gasteiger partial charge on any atom is -0.390 e. The van der Waals surface area contributed by atoms with E-state index in [0.29, 0.717) is 24.9 Å². The van der Waals surface area contributed by atoms with Crippen molar-refractivity contribution in [2.24, 2.45) is 0 Å². The lowest BCUT2D eigenvalue weighted by atomic mass is 10.00. The van der Waals surface area contributed by atoms with Gasteiger partial charge in [0.25, 0.3) is 1.45 Å². The Bertz CT molecular complexity index is 1010. The number of piperidine rings is 1. The van der Waals surface area contributed by atoms with Gasteiger partial charge in [0.05, 0.1) is 12.1 Å². The molecule has 2 amide bonds. The van der Waals surface area contributed by atoms with Gasteiger partial charge >= 0.3 is 0 Å². The summed E-state index contributed by atoms with van der Waals surface area (Å²) in [6.45, 7) is 2.26. The minimum absolute atomic E-state index is 0. The van der Waals surface area contributed by atoms with Crippen LogP contribution in [-0.2, 0) is 22.6 Å². The van der Waals surface area contributed by atoms with E-state index >= 15 is 0 Å². The number of carbonyl (C=O) groups excluding carboxylic acids is 2. The predicted molar refractivity (Wildman–Crippen MR) is 152 cm³/mol. The summed E-state index contributed by atoms with van der Waals surface area (Å²) in [5.74, 6) is -1.66. The van der Waals surface area contributed by atoms with Crippen LogP contribution in [0.2, 0.25) is 0 Å². The van der Waals surface area contributed by atoms with Crippen molar-refractivity contribution < 1.29 is 28.2 Å². The van der Waals surface area contributed by atoms with Crippen LogP contribution in [0.15, 0.2) is 42.5 Å². The fourth-order valence-electron chi connectivity index (χ4n) is 4.40. The number of likely N-dealkylation sites (tertiary alicyclic amines) is 1. The van der Waals surface area contributed by atoms with E-state index in [-0.39, 0.29) is 38.6 Å². The number of amides is 2. The van der Waals surface area contributed by atoms with Gasteiger partial charge in [0.2, 0.25) is 11.8 Å². The average Bonchev–Trinajstić information content (AvgIpc) is 2.89. The molecular weight excluding hydrogens is 610 g/mol. The van der Waals surface area contributed by atoms with Crippen molar-refractivity contribution in [3.8, 4) is 0 Å². The molecule has 1 saturated heterocycles. The van der Waals surface area contributed by atoms with Gasteiger partial charge in [-0.1, -0.05) is 19.6 Å². The highest BCUT2D eigenvalue weighted by molar-refractivity contribution is 14.1. The van der Waals surface area contributed by atoms with E-state index < -0.39 is 23.8 Å². The van der Waals surface area contributed by atoms with Gasteiger partial charge in [0.15, 0.2) is 0 Å². The molecule has 2 aromatic rings. The van der Waals surface area contributed by atoms with Gasteiger partial charge in [-0.2, -0.15) is 0 Å². The number of halogens is 4. The third kappa shape index (κ3) is 11.7. The summed E-state index contributed by atoms with van der Waals surface area (Å²) >= 11 is 2.23. The summed E-state index contributed by atoms with van der Waals surface area (Å²) in [5.41, 5.74) is 1.40. The van der Waals surface area contributed by atoms with Crippen molar-refractivity contribution in [1.29, 1.82) is 1.45 Å². The molecule has 0 aliphatic carbocycles. The normalized spacial score (nSPS) is 14.8. The molecule has 0 aromatic heterocycles. The summed E-state index contributed by atoms with van der Waals surface area (Å²) in [7, 11) is 0. The number of carbonyl (C=O) groups is 2. The summed E-state index contributed by atoms with van der Waals surface area (Å²) in [5, 5.41) is 16.8. The Morgan fingerprint density at radius 3 is 2.39 bits per heavy atom. The van der Waals surface area contributed by atoms with Crippen LogP contribution in [0, 0.1) is 15.2 Å². The molecule has 0 bridgehead atoms. The van der Waals surface area contributed by atoms with Gasteiger partial charge in [0.1, 0.15) is 11.6 Å². The first-order valence-electron chi connectivity index (χ1n) is 12.8. The van der Waals surface area contributed by atoms with E-state index in [1.807, 2.05) is 29.2 Å². The maximum atomic E-state index is 13.7. The lowest BCUT2D eigenvalue weighted by molar-refractivity contribution is -0.132. The Morgan fingerprint density at radius 2 is 1.74 bits per heavy atom. The maximum Gasteiger partial charge on any atom is 0.269 e. The molecule has 1 aliphatic rings. The summed E-state index contributed by atoms with van der Waals surface area (Å²) in [4.78, 5) is 26.9. The van der Waals surface area contributed by atoms with Gasteiger partial charge in [-0.05, 0) is 90.1 Å². The lowest BCUT2D eigenvalue weighted by Gasteiger charge is -2.27. The number of benzene rings is 2. The predicted octanol–water partition coefficient (Wildman–Crippen LogP) is 4.72. The summed E-state index contributed by atoms with van der Waals surface area (Å²) < 4.78 is 41.5. The Morgan fingerprint density at radius 1 is 1.05 bits per heavy atom. The molecular formula is C28H39F3IN3O3. The first kappa shape index (κ1) is 32.0. The number of hydrogen-bond acceptors (Lipinski definition) is 4. The molecule has 2 aromatic carbocycles. The van der Waals surface area contributed by atoms with Crippen molar-refractivity contribution in [2.45, 2.75) is 71.1 Å². The fourth-order valence-corrected chi connectivity index (χ4v) is 5.01. The monoisotopic (exact) mass is 651 g/mol. The van der Waals surface area contributed by atoms with Crippen molar-refractivity contribution >= 4 is 34.4 Å². The van der Waals surface area contributed by atoms with E-state index in [1.165, 1.54) is 12.1 Å². The summed E-state index contributed by atoms with van der Waals surface area (Å²) in [6.07, 6.45) is 3.10. The van der Waals surface area contributed by atoms with Crippen molar-refractivity contribution in [3.63, 3.8) is 0 Å². The molecule has 0 unspecified atom stereocenters. The van der Waals surface area contributed by atoms with Gasteiger partial charge in [-0.3, -0.25) is 14.3 Å². The van der Waals surface area contributed by atoms with Gasteiger partial charge < -0.3 is 20.6 Å².